The van der Waals surface area contributed by atoms with Gasteiger partial charge in [-0.05, 0) is 13.3 Å². The summed E-state index contributed by atoms with van der Waals surface area (Å²) in [6, 6.07) is 0.424. The average molecular weight is 136 g/mol. The fourth-order valence-corrected chi connectivity index (χ4v) is 0.767. The molecule has 1 aliphatic heterocycles. The maximum Gasteiger partial charge on any atom is 0.220 e. The van der Waals surface area contributed by atoms with E-state index in [1.54, 1.807) is 0 Å². The Morgan fingerprint density at radius 2 is 2.38 bits per heavy atom. The molecule has 1 rings (SSSR count). The lowest BCUT2D eigenvalue weighted by Gasteiger charge is -1.95. The highest BCUT2D eigenvalue weighted by molar-refractivity contribution is 5.85. The van der Waals surface area contributed by atoms with Crippen LogP contribution in [0.15, 0.2) is 0 Å². The molecule has 1 heterocycles. The number of carbonyl (C=O) groups is 1. The van der Waals surface area contributed by atoms with Crippen LogP contribution in [0.3, 0.4) is 0 Å². The van der Waals surface area contributed by atoms with Crippen molar-refractivity contribution < 1.29 is 4.79 Å². The molecule has 1 amide bonds. The summed E-state index contributed by atoms with van der Waals surface area (Å²) in [6.45, 7) is 2.02. The number of carbonyl (C=O) groups excluding carboxylic acids is 1. The smallest absolute Gasteiger partial charge is 0.220 e. The van der Waals surface area contributed by atoms with E-state index >= 15 is 0 Å². The van der Waals surface area contributed by atoms with Crippen LogP contribution in [0.1, 0.15) is 19.8 Å². The molecule has 1 N–H and O–H groups in total. The lowest BCUT2D eigenvalue weighted by molar-refractivity contribution is -0.119. The molecule has 3 heteroatoms. The Kier molecular flexibility index (Phi) is 2.84. The van der Waals surface area contributed by atoms with E-state index in [1.165, 1.54) is 0 Å². The summed E-state index contributed by atoms with van der Waals surface area (Å²) in [5.74, 6) is 0.201. The Hall–Kier alpha value is -0.240. The second-order valence-electron chi connectivity index (χ2n) is 2.01. The summed E-state index contributed by atoms with van der Waals surface area (Å²) >= 11 is 0. The van der Waals surface area contributed by atoms with Crippen LogP contribution >= 0.6 is 12.4 Å². The highest BCUT2D eigenvalue weighted by Crippen LogP contribution is 2.03. The molecule has 0 saturated carbocycles. The molecule has 0 aromatic heterocycles. The SMILES string of the molecule is CC1CCC(=O)N1.Cl. The Labute approximate surface area is 55.1 Å². The summed E-state index contributed by atoms with van der Waals surface area (Å²) in [6.07, 6.45) is 1.74. The van der Waals surface area contributed by atoms with E-state index in [0.717, 1.165) is 12.8 Å². The maximum atomic E-state index is 10.3. The van der Waals surface area contributed by atoms with Gasteiger partial charge in [0.2, 0.25) is 5.91 Å². The fraction of sp³-hybridized carbons (Fsp3) is 0.800. The third kappa shape index (κ3) is 1.70. The van der Waals surface area contributed by atoms with Gasteiger partial charge in [-0.2, -0.15) is 0 Å². The second-order valence-corrected chi connectivity index (χ2v) is 2.01. The van der Waals surface area contributed by atoms with Crippen molar-refractivity contribution in [3.63, 3.8) is 0 Å². The second kappa shape index (κ2) is 2.92. The molecule has 0 aromatic carbocycles. The van der Waals surface area contributed by atoms with Crippen LogP contribution in [-0.2, 0) is 4.79 Å². The molecule has 0 aromatic rings. The van der Waals surface area contributed by atoms with E-state index < -0.39 is 0 Å². The van der Waals surface area contributed by atoms with E-state index in [1.807, 2.05) is 6.92 Å². The normalized spacial score (nSPS) is 26.6. The molecule has 0 radical (unpaired) electrons. The summed E-state index contributed by atoms with van der Waals surface area (Å²) in [5.41, 5.74) is 0. The third-order valence-electron chi connectivity index (χ3n) is 1.21. The van der Waals surface area contributed by atoms with Crippen molar-refractivity contribution in [1.82, 2.24) is 5.32 Å². The molecule has 1 fully saturated rings. The lowest BCUT2D eigenvalue weighted by atomic mass is 10.3. The van der Waals surface area contributed by atoms with Gasteiger partial charge in [0, 0.05) is 12.5 Å². The fourth-order valence-electron chi connectivity index (χ4n) is 0.767. The third-order valence-corrected chi connectivity index (χ3v) is 1.21. The van der Waals surface area contributed by atoms with E-state index in [4.69, 9.17) is 0 Å². The minimum Gasteiger partial charge on any atom is -0.354 e. The molecule has 48 valence electrons. The maximum absolute atomic E-state index is 10.3. The highest BCUT2D eigenvalue weighted by Gasteiger charge is 2.14. The van der Waals surface area contributed by atoms with Gasteiger partial charge in [-0.15, -0.1) is 12.4 Å². The van der Waals surface area contributed by atoms with Crippen LogP contribution in [0.25, 0.3) is 0 Å². The quantitative estimate of drug-likeness (QED) is 0.521. The van der Waals surface area contributed by atoms with Crippen molar-refractivity contribution >= 4 is 18.3 Å². The summed E-state index contributed by atoms with van der Waals surface area (Å²) in [5, 5.41) is 2.78. The van der Waals surface area contributed by atoms with Crippen molar-refractivity contribution in [2.75, 3.05) is 0 Å². The topological polar surface area (TPSA) is 29.1 Å². The largest absolute Gasteiger partial charge is 0.354 e. The van der Waals surface area contributed by atoms with E-state index in [2.05, 4.69) is 5.32 Å². The molecule has 1 unspecified atom stereocenters. The molecule has 2 nitrogen and oxygen atoms in total. The predicted octanol–water partition coefficient (Wildman–Crippen LogP) is 0.707. The number of amides is 1. The minimum atomic E-state index is 0. The Bertz CT molecular complexity index is 94.4. The molecule has 0 aliphatic carbocycles. The van der Waals surface area contributed by atoms with Crippen LogP contribution in [0.4, 0.5) is 0 Å². The van der Waals surface area contributed by atoms with Crippen molar-refractivity contribution in [3.05, 3.63) is 0 Å². The molecule has 1 atom stereocenters. The van der Waals surface area contributed by atoms with E-state index in [-0.39, 0.29) is 18.3 Å². The van der Waals surface area contributed by atoms with Gasteiger partial charge < -0.3 is 5.32 Å². The van der Waals surface area contributed by atoms with Gasteiger partial charge in [-0.25, -0.2) is 0 Å². The zero-order chi connectivity index (χ0) is 5.28. The predicted molar refractivity (Wildman–Crippen MR) is 34.1 cm³/mol. The van der Waals surface area contributed by atoms with Crippen LogP contribution in [0.5, 0.6) is 0 Å². The number of hydrogen-bond donors (Lipinski definition) is 1. The Balaban J connectivity index is 0.000000490. The monoisotopic (exact) mass is 135 g/mol. The first kappa shape index (κ1) is 7.76. The summed E-state index contributed by atoms with van der Waals surface area (Å²) in [7, 11) is 0. The number of nitrogens with one attached hydrogen (secondary N) is 1. The van der Waals surface area contributed by atoms with Crippen LogP contribution in [0, 0.1) is 0 Å². The lowest BCUT2D eigenvalue weighted by Crippen LogP contribution is -2.21. The standard InChI is InChI=1S/C5H9NO.ClH/c1-4-2-3-5(7)6-4;/h4H,2-3H2,1H3,(H,6,7);1H. The Morgan fingerprint density at radius 1 is 1.75 bits per heavy atom. The first-order chi connectivity index (χ1) is 3.29. The minimum absolute atomic E-state index is 0. The molecule has 8 heavy (non-hydrogen) atoms. The number of rotatable bonds is 0. The van der Waals surface area contributed by atoms with Crippen LogP contribution in [0.2, 0.25) is 0 Å². The molecule has 1 aliphatic rings. The number of hydrogen-bond acceptors (Lipinski definition) is 1. The number of halogens is 1. The van der Waals surface area contributed by atoms with Gasteiger partial charge in [-0.3, -0.25) is 4.79 Å². The van der Waals surface area contributed by atoms with Gasteiger partial charge in [0.15, 0.2) is 0 Å². The van der Waals surface area contributed by atoms with E-state index in [9.17, 15) is 4.79 Å². The zero-order valence-electron chi connectivity index (χ0n) is 4.81. The zero-order valence-corrected chi connectivity index (χ0v) is 5.62. The molecule has 0 bridgehead atoms. The molecular formula is C5H10ClNO. The summed E-state index contributed by atoms with van der Waals surface area (Å²) < 4.78 is 0. The molecule has 1 saturated heterocycles. The average Bonchev–Trinajstić information content (AvgIpc) is 1.87. The van der Waals surface area contributed by atoms with Crippen molar-refractivity contribution in [2.45, 2.75) is 25.8 Å². The van der Waals surface area contributed by atoms with Crippen molar-refractivity contribution in [2.24, 2.45) is 0 Å². The van der Waals surface area contributed by atoms with Gasteiger partial charge in [0.05, 0.1) is 0 Å². The van der Waals surface area contributed by atoms with Crippen LogP contribution in [-0.4, -0.2) is 11.9 Å². The highest BCUT2D eigenvalue weighted by atomic mass is 35.5. The first-order valence-electron chi connectivity index (χ1n) is 2.58. The molecule has 0 spiro atoms. The van der Waals surface area contributed by atoms with Crippen LogP contribution < -0.4 is 5.32 Å². The van der Waals surface area contributed by atoms with Gasteiger partial charge >= 0.3 is 0 Å². The molecular weight excluding hydrogens is 126 g/mol. The van der Waals surface area contributed by atoms with Gasteiger partial charge in [-0.1, -0.05) is 0 Å². The van der Waals surface area contributed by atoms with Crippen molar-refractivity contribution in [3.8, 4) is 0 Å². The van der Waals surface area contributed by atoms with Gasteiger partial charge in [0.1, 0.15) is 0 Å². The summed E-state index contributed by atoms with van der Waals surface area (Å²) in [4.78, 5) is 10.3. The van der Waals surface area contributed by atoms with Gasteiger partial charge in [0.25, 0.3) is 0 Å². The Morgan fingerprint density at radius 3 is 2.50 bits per heavy atom. The van der Waals surface area contributed by atoms with Crippen molar-refractivity contribution in [1.29, 1.82) is 0 Å². The van der Waals surface area contributed by atoms with E-state index in [0.29, 0.717) is 6.04 Å². The first-order valence-corrected chi connectivity index (χ1v) is 2.58.